The minimum atomic E-state index is -0.175. The number of rotatable bonds is 5. The van der Waals surface area contributed by atoms with Gasteiger partial charge in [0, 0.05) is 44.7 Å². The molecule has 3 heterocycles. The van der Waals surface area contributed by atoms with Gasteiger partial charge in [-0.3, -0.25) is 14.5 Å². The monoisotopic (exact) mass is 422 g/mol. The van der Waals surface area contributed by atoms with Gasteiger partial charge in [0.05, 0.1) is 5.92 Å². The zero-order valence-corrected chi connectivity index (χ0v) is 18.3. The van der Waals surface area contributed by atoms with Crippen LogP contribution in [0.3, 0.4) is 0 Å². The minimum Gasteiger partial charge on any atom is -0.340 e. The van der Waals surface area contributed by atoms with Crippen molar-refractivity contribution in [1.29, 1.82) is 0 Å². The van der Waals surface area contributed by atoms with E-state index in [9.17, 15) is 9.59 Å². The standard InChI is InChI=1S/C19H34N4O2.2ClH/c1-3-21-7-4-5-16(21)13-22-12-15(10-18(22)24)19(25)23-8-6-14(2)9-17(23)11-20;;/h14-17H,3-13,20H2,1-2H3;2*1H. The van der Waals surface area contributed by atoms with Gasteiger partial charge in [0.2, 0.25) is 11.8 Å². The number of likely N-dealkylation sites (N-methyl/N-ethyl adjacent to an activating group) is 1. The summed E-state index contributed by atoms with van der Waals surface area (Å²) in [6.45, 7) is 9.28. The Bertz CT molecular complexity index is 508. The highest BCUT2D eigenvalue weighted by Crippen LogP contribution is 2.28. The van der Waals surface area contributed by atoms with Crippen LogP contribution in [0.1, 0.15) is 46.0 Å². The van der Waals surface area contributed by atoms with Crippen molar-refractivity contribution in [1.82, 2.24) is 14.7 Å². The molecule has 27 heavy (non-hydrogen) atoms. The van der Waals surface area contributed by atoms with Crippen molar-refractivity contribution < 1.29 is 9.59 Å². The second-order valence-electron chi connectivity index (χ2n) is 8.18. The van der Waals surface area contributed by atoms with Crippen LogP contribution >= 0.6 is 24.8 Å². The van der Waals surface area contributed by atoms with Crippen LogP contribution in [0.15, 0.2) is 0 Å². The first kappa shape index (κ1) is 24.5. The van der Waals surface area contributed by atoms with Crippen molar-refractivity contribution in [2.75, 3.05) is 39.3 Å². The maximum atomic E-state index is 13.0. The first-order valence-electron chi connectivity index (χ1n) is 10.1. The van der Waals surface area contributed by atoms with Gasteiger partial charge in [0.15, 0.2) is 0 Å². The van der Waals surface area contributed by atoms with Gasteiger partial charge in [-0.25, -0.2) is 0 Å². The second kappa shape index (κ2) is 10.8. The number of piperidine rings is 1. The molecular weight excluding hydrogens is 387 g/mol. The van der Waals surface area contributed by atoms with E-state index in [0.717, 1.165) is 45.4 Å². The van der Waals surface area contributed by atoms with Crippen molar-refractivity contribution in [2.24, 2.45) is 17.6 Å². The summed E-state index contributed by atoms with van der Waals surface area (Å²) < 4.78 is 0. The number of hydrogen-bond donors (Lipinski definition) is 1. The quantitative estimate of drug-likeness (QED) is 0.732. The predicted molar refractivity (Wildman–Crippen MR) is 112 cm³/mol. The lowest BCUT2D eigenvalue weighted by atomic mass is 9.91. The smallest absolute Gasteiger partial charge is 0.228 e. The molecule has 6 nitrogen and oxygen atoms in total. The van der Waals surface area contributed by atoms with Crippen LogP contribution in [0.2, 0.25) is 0 Å². The van der Waals surface area contributed by atoms with Crippen LogP contribution in [0.4, 0.5) is 0 Å². The minimum absolute atomic E-state index is 0. The third-order valence-corrected chi connectivity index (χ3v) is 6.43. The van der Waals surface area contributed by atoms with Crippen LogP contribution in [0.5, 0.6) is 0 Å². The molecule has 0 bridgehead atoms. The molecule has 3 aliphatic rings. The van der Waals surface area contributed by atoms with Gasteiger partial charge < -0.3 is 15.5 Å². The molecule has 158 valence electrons. The number of nitrogens with zero attached hydrogens (tertiary/aromatic N) is 3. The highest BCUT2D eigenvalue weighted by Gasteiger charge is 2.40. The molecular formula is C19H36Cl2N4O2. The molecule has 2 amide bonds. The Balaban J connectivity index is 0.00000182. The lowest BCUT2D eigenvalue weighted by molar-refractivity contribution is -0.139. The van der Waals surface area contributed by atoms with Crippen molar-refractivity contribution >= 4 is 36.6 Å². The van der Waals surface area contributed by atoms with Gasteiger partial charge in [-0.2, -0.15) is 0 Å². The lowest BCUT2D eigenvalue weighted by Gasteiger charge is -2.39. The van der Waals surface area contributed by atoms with Crippen molar-refractivity contribution in [2.45, 2.75) is 58.0 Å². The van der Waals surface area contributed by atoms with Gasteiger partial charge in [-0.1, -0.05) is 13.8 Å². The van der Waals surface area contributed by atoms with Crippen molar-refractivity contribution in [3.63, 3.8) is 0 Å². The first-order valence-corrected chi connectivity index (χ1v) is 10.1. The SMILES string of the molecule is CCN1CCCC1CN1CC(C(=O)N2CCC(C)CC2CN)CC1=O.Cl.Cl. The van der Waals surface area contributed by atoms with Gasteiger partial charge in [0.25, 0.3) is 0 Å². The maximum Gasteiger partial charge on any atom is 0.228 e. The Morgan fingerprint density at radius 3 is 2.59 bits per heavy atom. The first-order chi connectivity index (χ1) is 12.0. The van der Waals surface area contributed by atoms with Crippen LogP contribution in [0, 0.1) is 11.8 Å². The normalized spacial score (nSPS) is 31.6. The summed E-state index contributed by atoms with van der Waals surface area (Å²) in [6, 6.07) is 0.612. The second-order valence-corrected chi connectivity index (χ2v) is 8.18. The molecule has 3 saturated heterocycles. The predicted octanol–water partition coefficient (Wildman–Crippen LogP) is 1.75. The fourth-order valence-electron chi connectivity index (χ4n) is 4.89. The number of carbonyl (C=O) groups is 2. The largest absolute Gasteiger partial charge is 0.340 e. The zero-order valence-electron chi connectivity index (χ0n) is 16.6. The van der Waals surface area contributed by atoms with Gasteiger partial charge in [-0.15, -0.1) is 24.8 Å². The highest BCUT2D eigenvalue weighted by atomic mass is 35.5. The number of nitrogens with two attached hydrogens (primary N) is 1. The van der Waals surface area contributed by atoms with Gasteiger partial charge in [-0.05, 0) is 44.7 Å². The Labute approximate surface area is 176 Å². The number of amides is 2. The van der Waals surface area contributed by atoms with Crippen LogP contribution < -0.4 is 5.73 Å². The third-order valence-electron chi connectivity index (χ3n) is 6.43. The van der Waals surface area contributed by atoms with Crippen molar-refractivity contribution in [3.05, 3.63) is 0 Å². The molecule has 8 heteroatoms. The molecule has 4 unspecified atom stereocenters. The van der Waals surface area contributed by atoms with E-state index in [-0.39, 0.29) is 48.6 Å². The Morgan fingerprint density at radius 1 is 1.19 bits per heavy atom. The molecule has 0 aromatic heterocycles. The van der Waals surface area contributed by atoms with Crippen LogP contribution in [-0.4, -0.2) is 77.9 Å². The average molecular weight is 423 g/mol. The Kier molecular flexibility index (Phi) is 9.83. The van der Waals surface area contributed by atoms with Crippen LogP contribution in [0.25, 0.3) is 0 Å². The van der Waals surface area contributed by atoms with E-state index in [2.05, 4.69) is 18.7 Å². The Morgan fingerprint density at radius 2 is 1.93 bits per heavy atom. The molecule has 3 rings (SSSR count). The molecule has 4 atom stereocenters. The fraction of sp³-hybridized carbons (Fsp3) is 0.895. The van der Waals surface area contributed by atoms with E-state index in [1.165, 1.54) is 6.42 Å². The Hall–Kier alpha value is -0.560. The number of hydrogen-bond acceptors (Lipinski definition) is 4. The lowest BCUT2D eigenvalue weighted by Crippen LogP contribution is -2.51. The van der Waals surface area contributed by atoms with E-state index < -0.39 is 0 Å². The number of carbonyl (C=O) groups excluding carboxylic acids is 2. The average Bonchev–Trinajstić information content (AvgIpc) is 3.21. The molecule has 3 aliphatic heterocycles. The third kappa shape index (κ3) is 5.49. The molecule has 2 N–H and O–H groups in total. The molecule has 0 saturated carbocycles. The van der Waals surface area contributed by atoms with Crippen LogP contribution in [-0.2, 0) is 9.59 Å². The molecule has 0 spiro atoms. The van der Waals surface area contributed by atoms with E-state index in [0.29, 0.717) is 31.5 Å². The summed E-state index contributed by atoms with van der Waals surface area (Å²) in [6.07, 6.45) is 4.78. The topological polar surface area (TPSA) is 69.9 Å². The summed E-state index contributed by atoms with van der Waals surface area (Å²) >= 11 is 0. The molecule has 0 aromatic rings. The molecule has 0 aromatic carbocycles. The summed E-state index contributed by atoms with van der Waals surface area (Å²) in [5.74, 6) is 0.751. The molecule has 0 radical (unpaired) electrons. The fourth-order valence-corrected chi connectivity index (χ4v) is 4.89. The summed E-state index contributed by atoms with van der Waals surface area (Å²) in [7, 11) is 0. The number of likely N-dealkylation sites (tertiary alicyclic amines) is 3. The summed E-state index contributed by atoms with van der Waals surface area (Å²) in [5.41, 5.74) is 5.91. The van der Waals surface area contributed by atoms with Gasteiger partial charge >= 0.3 is 0 Å². The molecule has 3 fully saturated rings. The van der Waals surface area contributed by atoms with Crippen molar-refractivity contribution in [3.8, 4) is 0 Å². The zero-order chi connectivity index (χ0) is 18.0. The number of halogens is 2. The maximum absolute atomic E-state index is 13.0. The van der Waals surface area contributed by atoms with E-state index in [1.807, 2.05) is 9.80 Å². The molecule has 0 aliphatic carbocycles. The van der Waals surface area contributed by atoms with Gasteiger partial charge in [0.1, 0.15) is 0 Å². The van der Waals surface area contributed by atoms with E-state index >= 15 is 0 Å². The van der Waals surface area contributed by atoms with E-state index in [4.69, 9.17) is 5.73 Å². The highest BCUT2D eigenvalue weighted by molar-refractivity contribution is 5.89. The summed E-state index contributed by atoms with van der Waals surface area (Å²) in [4.78, 5) is 31.8. The van der Waals surface area contributed by atoms with E-state index in [1.54, 1.807) is 0 Å². The summed E-state index contributed by atoms with van der Waals surface area (Å²) in [5, 5.41) is 0.